The van der Waals surface area contributed by atoms with E-state index in [0.717, 1.165) is 19.3 Å². The monoisotopic (exact) mass is 200 g/mol. The minimum Gasteiger partial charge on any atom is -0.351 e. The van der Waals surface area contributed by atoms with Crippen molar-refractivity contribution >= 4 is 11.9 Å². The summed E-state index contributed by atoms with van der Waals surface area (Å²) in [5, 5.41) is 2.13. The number of carbonyl (C=O) groups excluding carboxylic acids is 2. The zero-order valence-corrected chi connectivity index (χ0v) is 9.17. The maximum Gasteiger partial charge on any atom is 0.318 e. The highest BCUT2D eigenvalue weighted by atomic mass is 16.2. The number of rotatable bonds is 5. The molecule has 0 aliphatic rings. The highest BCUT2D eigenvalue weighted by molar-refractivity contribution is 5.94. The van der Waals surface area contributed by atoms with Gasteiger partial charge in [-0.15, -0.1) is 0 Å². The van der Waals surface area contributed by atoms with E-state index in [4.69, 9.17) is 5.73 Å². The minimum atomic E-state index is -0.767. The van der Waals surface area contributed by atoms with Gasteiger partial charge in [0.15, 0.2) is 0 Å². The lowest BCUT2D eigenvalue weighted by Gasteiger charge is -2.18. The molecule has 3 amide bonds. The van der Waals surface area contributed by atoms with Gasteiger partial charge in [0.1, 0.15) is 0 Å². The summed E-state index contributed by atoms with van der Waals surface area (Å²) in [6.07, 6.45) is 2.86. The Morgan fingerprint density at radius 1 is 1.36 bits per heavy atom. The minimum absolute atomic E-state index is 0.109. The summed E-state index contributed by atoms with van der Waals surface area (Å²) in [4.78, 5) is 22.0. The molecule has 3 N–H and O–H groups in total. The lowest BCUT2D eigenvalue weighted by atomic mass is 9.90. The Bertz CT molecular complexity index is 202. The van der Waals surface area contributed by atoms with E-state index < -0.39 is 6.03 Å². The standard InChI is InChI=1S/C10H20N2O2/c1-4-5-6-8(7(2)3)9(13)12-10(11)14/h7-8H,4-6H2,1-3H3,(H3,11,12,13,14). The van der Waals surface area contributed by atoms with Crippen LogP contribution in [0.2, 0.25) is 0 Å². The Morgan fingerprint density at radius 2 is 1.93 bits per heavy atom. The van der Waals surface area contributed by atoms with E-state index in [-0.39, 0.29) is 17.7 Å². The fourth-order valence-electron chi connectivity index (χ4n) is 1.41. The second-order valence-corrected chi connectivity index (χ2v) is 3.85. The van der Waals surface area contributed by atoms with Crippen LogP contribution in [0.4, 0.5) is 4.79 Å². The van der Waals surface area contributed by atoms with Crippen molar-refractivity contribution in [3.05, 3.63) is 0 Å². The number of imide groups is 1. The topological polar surface area (TPSA) is 72.2 Å². The van der Waals surface area contributed by atoms with Gasteiger partial charge >= 0.3 is 6.03 Å². The molecule has 0 spiro atoms. The van der Waals surface area contributed by atoms with Crippen molar-refractivity contribution in [1.29, 1.82) is 0 Å². The Labute approximate surface area is 85.2 Å². The molecule has 0 aromatic rings. The third kappa shape index (κ3) is 4.84. The lowest BCUT2D eigenvalue weighted by molar-refractivity contribution is -0.125. The highest BCUT2D eigenvalue weighted by Gasteiger charge is 2.22. The summed E-state index contributed by atoms with van der Waals surface area (Å²) >= 11 is 0. The summed E-state index contributed by atoms with van der Waals surface area (Å²) in [5.74, 6) is -0.121. The Morgan fingerprint density at radius 3 is 2.29 bits per heavy atom. The van der Waals surface area contributed by atoms with Crippen molar-refractivity contribution in [2.75, 3.05) is 0 Å². The van der Waals surface area contributed by atoms with Gasteiger partial charge in [-0.25, -0.2) is 4.79 Å². The van der Waals surface area contributed by atoms with Crippen LogP contribution in [0, 0.1) is 11.8 Å². The smallest absolute Gasteiger partial charge is 0.318 e. The van der Waals surface area contributed by atoms with Gasteiger partial charge in [-0.2, -0.15) is 0 Å². The number of carbonyl (C=O) groups is 2. The van der Waals surface area contributed by atoms with Crippen LogP contribution in [-0.2, 0) is 4.79 Å². The summed E-state index contributed by atoms with van der Waals surface area (Å²) in [6, 6.07) is -0.767. The molecule has 0 heterocycles. The third-order valence-electron chi connectivity index (χ3n) is 2.26. The number of amides is 3. The van der Waals surface area contributed by atoms with Crippen LogP contribution in [0.5, 0.6) is 0 Å². The van der Waals surface area contributed by atoms with Gasteiger partial charge in [0, 0.05) is 5.92 Å². The molecule has 14 heavy (non-hydrogen) atoms. The van der Waals surface area contributed by atoms with Crippen LogP contribution in [-0.4, -0.2) is 11.9 Å². The van der Waals surface area contributed by atoms with Crippen molar-refractivity contribution in [1.82, 2.24) is 5.32 Å². The van der Waals surface area contributed by atoms with E-state index in [1.807, 2.05) is 13.8 Å². The molecule has 1 atom stereocenters. The third-order valence-corrected chi connectivity index (χ3v) is 2.26. The molecule has 0 aromatic carbocycles. The summed E-state index contributed by atoms with van der Waals surface area (Å²) in [7, 11) is 0. The zero-order valence-electron chi connectivity index (χ0n) is 9.17. The second-order valence-electron chi connectivity index (χ2n) is 3.85. The van der Waals surface area contributed by atoms with Crippen LogP contribution in [0.3, 0.4) is 0 Å². The lowest BCUT2D eigenvalue weighted by Crippen LogP contribution is -2.40. The van der Waals surface area contributed by atoms with Gasteiger partial charge in [-0.05, 0) is 12.3 Å². The van der Waals surface area contributed by atoms with Crippen molar-refractivity contribution in [3.8, 4) is 0 Å². The molecular weight excluding hydrogens is 180 g/mol. The molecular formula is C10H20N2O2. The van der Waals surface area contributed by atoms with Crippen molar-refractivity contribution in [2.45, 2.75) is 40.0 Å². The van der Waals surface area contributed by atoms with Gasteiger partial charge in [0.25, 0.3) is 0 Å². The van der Waals surface area contributed by atoms with Crippen LogP contribution >= 0.6 is 0 Å². The van der Waals surface area contributed by atoms with Gasteiger partial charge in [0.2, 0.25) is 5.91 Å². The zero-order chi connectivity index (χ0) is 11.1. The van der Waals surface area contributed by atoms with Crippen LogP contribution in [0.25, 0.3) is 0 Å². The number of unbranched alkanes of at least 4 members (excludes halogenated alkanes) is 1. The summed E-state index contributed by atoms with van der Waals surface area (Å²) in [5.41, 5.74) is 4.89. The first-order valence-corrected chi connectivity index (χ1v) is 5.09. The first kappa shape index (κ1) is 12.9. The van der Waals surface area contributed by atoms with Gasteiger partial charge in [-0.3, -0.25) is 10.1 Å². The molecule has 4 heteroatoms. The van der Waals surface area contributed by atoms with E-state index in [1.165, 1.54) is 0 Å². The molecule has 0 radical (unpaired) electrons. The van der Waals surface area contributed by atoms with Crippen molar-refractivity contribution < 1.29 is 9.59 Å². The Kier molecular flexibility index (Phi) is 5.92. The fourth-order valence-corrected chi connectivity index (χ4v) is 1.41. The normalized spacial score (nSPS) is 12.6. The highest BCUT2D eigenvalue weighted by Crippen LogP contribution is 2.18. The molecule has 0 rings (SSSR count). The van der Waals surface area contributed by atoms with E-state index >= 15 is 0 Å². The molecule has 0 bridgehead atoms. The maximum atomic E-state index is 11.5. The summed E-state index contributed by atoms with van der Waals surface area (Å²) in [6.45, 7) is 6.02. The quantitative estimate of drug-likeness (QED) is 0.708. The molecule has 0 aromatic heterocycles. The predicted molar refractivity (Wildman–Crippen MR) is 55.6 cm³/mol. The number of hydrogen-bond acceptors (Lipinski definition) is 2. The van der Waals surface area contributed by atoms with Gasteiger partial charge in [-0.1, -0.05) is 33.6 Å². The number of nitrogens with two attached hydrogens (primary N) is 1. The number of primary amides is 1. The van der Waals surface area contributed by atoms with E-state index in [2.05, 4.69) is 12.2 Å². The molecule has 4 nitrogen and oxygen atoms in total. The maximum absolute atomic E-state index is 11.5. The predicted octanol–water partition coefficient (Wildman–Crippen LogP) is 1.64. The number of nitrogens with one attached hydrogen (secondary N) is 1. The molecule has 1 unspecified atom stereocenters. The first-order valence-electron chi connectivity index (χ1n) is 5.09. The molecule has 0 aliphatic carbocycles. The fraction of sp³-hybridized carbons (Fsp3) is 0.800. The SMILES string of the molecule is CCCCC(C(=O)NC(N)=O)C(C)C. The Balaban J connectivity index is 4.18. The van der Waals surface area contributed by atoms with E-state index in [9.17, 15) is 9.59 Å². The van der Waals surface area contributed by atoms with Crippen molar-refractivity contribution in [2.24, 2.45) is 17.6 Å². The average molecular weight is 200 g/mol. The largest absolute Gasteiger partial charge is 0.351 e. The number of urea groups is 1. The second kappa shape index (κ2) is 6.40. The Hall–Kier alpha value is -1.06. The molecule has 82 valence electrons. The van der Waals surface area contributed by atoms with Gasteiger partial charge in [0.05, 0.1) is 0 Å². The van der Waals surface area contributed by atoms with E-state index in [0.29, 0.717) is 0 Å². The summed E-state index contributed by atoms with van der Waals surface area (Å²) < 4.78 is 0. The average Bonchev–Trinajstić information content (AvgIpc) is 2.02. The molecule has 0 aliphatic heterocycles. The molecule has 0 fully saturated rings. The number of hydrogen-bond donors (Lipinski definition) is 2. The molecule has 0 saturated heterocycles. The van der Waals surface area contributed by atoms with Gasteiger partial charge < -0.3 is 5.73 Å². The van der Waals surface area contributed by atoms with Crippen LogP contribution in [0.15, 0.2) is 0 Å². The van der Waals surface area contributed by atoms with Crippen LogP contribution in [0.1, 0.15) is 40.0 Å². The van der Waals surface area contributed by atoms with Crippen LogP contribution < -0.4 is 11.1 Å². The van der Waals surface area contributed by atoms with E-state index in [1.54, 1.807) is 0 Å². The first-order chi connectivity index (χ1) is 6.49. The molecule has 0 saturated carbocycles. The van der Waals surface area contributed by atoms with Crippen molar-refractivity contribution in [3.63, 3.8) is 0 Å².